The number of carbonyl (C=O) groups is 1. The number of carbonyl (C=O) groups excluding carboxylic acids is 1. The Morgan fingerprint density at radius 2 is 1.83 bits per heavy atom. The maximum atomic E-state index is 13.4. The van der Waals surface area contributed by atoms with Crippen LogP contribution in [0.2, 0.25) is 0 Å². The van der Waals surface area contributed by atoms with Crippen molar-refractivity contribution >= 4 is 5.91 Å². The van der Waals surface area contributed by atoms with Gasteiger partial charge in [0.2, 0.25) is 0 Å². The number of nitrogens with one attached hydrogen (secondary N) is 1. The van der Waals surface area contributed by atoms with Crippen molar-refractivity contribution in [2.24, 2.45) is 0 Å². The molecule has 0 unspecified atom stereocenters. The van der Waals surface area contributed by atoms with Gasteiger partial charge in [-0.2, -0.15) is 5.10 Å². The molecule has 0 atom stereocenters. The Bertz CT molecular complexity index is 999. The molecule has 0 spiro atoms. The second-order valence-electron chi connectivity index (χ2n) is 6.83. The highest BCUT2D eigenvalue weighted by atomic mass is 19.1. The average molecular weight is 411 g/mol. The number of unbranched alkanes of at least 4 members (excludes halogenated alkanes) is 2. The van der Waals surface area contributed by atoms with Crippen LogP contribution in [0.5, 0.6) is 11.5 Å². The van der Waals surface area contributed by atoms with E-state index in [9.17, 15) is 9.18 Å². The van der Waals surface area contributed by atoms with Gasteiger partial charge < -0.3 is 14.8 Å². The van der Waals surface area contributed by atoms with Crippen molar-refractivity contribution in [3.8, 4) is 28.4 Å². The zero-order valence-electron chi connectivity index (χ0n) is 17.4. The van der Waals surface area contributed by atoms with E-state index in [1.165, 1.54) is 16.8 Å². The van der Waals surface area contributed by atoms with Crippen molar-refractivity contribution in [2.75, 3.05) is 20.8 Å². The number of benzene rings is 2. The topological polar surface area (TPSA) is 65.4 Å². The Kier molecular flexibility index (Phi) is 7.06. The number of halogens is 1. The van der Waals surface area contributed by atoms with Gasteiger partial charge in [0.15, 0.2) is 0 Å². The van der Waals surface area contributed by atoms with Crippen LogP contribution >= 0.6 is 0 Å². The van der Waals surface area contributed by atoms with Crippen LogP contribution in [0.15, 0.2) is 48.5 Å². The number of ether oxygens (including phenoxy) is 2. The first-order valence-corrected chi connectivity index (χ1v) is 9.94. The molecule has 0 saturated carbocycles. The summed E-state index contributed by atoms with van der Waals surface area (Å²) in [6.07, 6.45) is 3.03. The maximum absolute atomic E-state index is 13.4. The van der Waals surface area contributed by atoms with Crippen LogP contribution in [-0.4, -0.2) is 36.5 Å². The van der Waals surface area contributed by atoms with Gasteiger partial charge in [0.1, 0.15) is 23.0 Å². The smallest absolute Gasteiger partial charge is 0.270 e. The third kappa shape index (κ3) is 4.79. The number of amides is 1. The monoisotopic (exact) mass is 411 g/mol. The molecule has 158 valence electrons. The summed E-state index contributed by atoms with van der Waals surface area (Å²) in [5.74, 6) is 0.644. The minimum Gasteiger partial charge on any atom is -0.497 e. The highest BCUT2D eigenvalue weighted by Gasteiger charge is 2.19. The Morgan fingerprint density at radius 1 is 1.07 bits per heavy atom. The van der Waals surface area contributed by atoms with Gasteiger partial charge in [-0.1, -0.05) is 19.8 Å². The van der Waals surface area contributed by atoms with E-state index in [2.05, 4.69) is 17.3 Å². The quantitative estimate of drug-likeness (QED) is 0.522. The highest BCUT2D eigenvalue weighted by molar-refractivity contribution is 5.94. The number of aromatic nitrogens is 2. The summed E-state index contributed by atoms with van der Waals surface area (Å²) in [7, 11) is 3.15. The molecule has 0 aliphatic heterocycles. The second kappa shape index (κ2) is 9.91. The third-order valence-corrected chi connectivity index (χ3v) is 4.76. The fourth-order valence-electron chi connectivity index (χ4n) is 3.13. The molecular formula is C23H26FN3O3. The Labute approximate surface area is 175 Å². The first-order valence-electron chi connectivity index (χ1n) is 9.94. The zero-order chi connectivity index (χ0) is 21.5. The molecule has 0 fully saturated rings. The molecule has 30 heavy (non-hydrogen) atoms. The minimum absolute atomic E-state index is 0.235. The van der Waals surface area contributed by atoms with E-state index in [4.69, 9.17) is 9.47 Å². The molecule has 7 heteroatoms. The molecule has 3 aromatic rings. The van der Waals surface area contributed by atoms with Gasteiger partial charge in [0, 0.05) is 18.2 Å². The van der Waals surface area contributed by atoms with E-state index in [1.807, 2.05) is 6.07 Å². The third-order valence-electron chi connectivity index (χ3n) is 4.76. The fourth-order valence-corrected chi connectivity index (χ4v) is 3.13. The van der Waals surface area contributed by atoms with Crippen LogP contribution in [0.1, 0.15) is 36.7 Å². The maximum Gasteiger partial charge on any atom is 0.270 e. The summed E-state index contributed by atoms with van der Waals surface area (Å²) in [5, 5.41) is 7.56. The van der Waals surface area contributed by atoms with Gasteiger partial charge in [-0.3, -0.25) is 4.79 Å². The van der Waals surface area contributed by atoms with Crippen molar-refractivity contribution < 1.29 is 18.7 Å². The van der Waals surface area contributed by atoms with E-state index < -0.39 is 0 Å². The van der Waals surface area contributed by atoms with Gasteiger partial charge >= 0.3 is 0 Å². The Morgan fingerprint density at radius 3 is 2.50 bits per heavy atom. The number of rotatable bonds is 9. The van der Waals surface area contributed by atoms with Crippen LogP contribution in [0.4, 0.5) is 4.39 Å². The molecule has 1 N–H and O–H groups in total. The first-order chi connectivity index (χ1) is 14.6. The SMILES string of the molecule is CCCCCNC(=O)c1cc(-c2ccc(OC)cc2OC)nn1-c1ccc(F)cc1. The number of hydrogen-bond acceptors (Lipinski definition) is 4. The summed E-state index contributed by atoms with van der Waals surface area (Å²) in [6.45, 7) is 2.70. The second-order valence-corrected chi connectivity index (χ2v) is 6.83. The van der Waals surface area contributed by atoms with Gasteiger partial charge in [0.05, 0.1) is 25.6 Å². The first kappa shape index (κ1) is 21.4. The molecule has 1 amide bonds. The van der Waals surface area contributed by atoms with Crippen molar-refractivity contribution in [2.45, 2.75) is 26.2 Å². The van der Waals surface area contributed by atoms with Gasteiger partial charge in [-0.25, -0.2) is 9.07 Å². The number of nitrogens with zero attached hydrogens (tertiary/aromatic N) is 2. The van der Waals surface area contributed by atoms with E-state index in [1.54, 1.807) is 44.6 Å². The van der Waals surface area contributed by atoms with Crippen LogP contribution in [0.25, 0.3) is 16.9 Å². The van der Waals surface area contributed by atoms with E-state index in [-0.39, 0.29) is 11.7 Å². The zero-order valence-corrected chi connectivity index (χ0v) is 17.4. The van der Waals surface area contributed by atoms with Crippen molar-refractivity contribution in [1.29, 1.82) is 0 Å². The van der Waals surface area contributed by atoms with Crippen molar-refractivity contribution in [3.05, 3.63) is 60.0 Å². The molecular weight excluding hydrogens is 385 g/mol. The lowest BCUT2D eigenvalue weighted by atomic mass is 10.1. The normalized spacial score (nSPS) is 10.7. The summed E-state index contributed by atoms with van der Waals surface area (Å²) >= 11 is 0. The number of methoxy groups -OCH3 is 2. The van der Waals surface area contributed by atoms with Gasteiger partial charge in [-0.05, 0) is 48.9 Å². The molecule has 0 bridgehead atoms. The van der Waals surface area contributed by atoms with Crippen molar-refractivity contribution in [1.82, 2.24) is 15.1 Å². The molecule has 3 rings (SSSR count). The lowest BCUT2D eigenvalue weighted by Crippen LogP contribution is -2.26. The van der Waals surface area contributed by atoms with E-state index in [0.717, 1.165) is 24.8 Å². The lowest BCUT2D eigenvalue weighted by Gasteiger charge is -2.09. The number of hydrogen-bond donors (Lipinski definition) is 1. The standard InChI is InChI=1S/C23H26FN3O3/c1-4-5-6-13-25-23(28)21-15-20(19-12-11-18(29-2)14-22(19)30-3)26-27(21)17-9-7-16(24)8-10-17/h7-12,14-15H,4-6,13H2,1-3H3,(H,25,28). The summed E-state index contributed by atoms with van der Waals surface area (Å²) in [5.41, 5.74) is 2.25. The molecule has 0 radical (unpaired) electrons. The van der Waals surface area contributed by atoms with Gasteiger partial charge in [-0.15, -0.1) is 0 Å². The van der Waals surface area contributed by atoms with E-state index >= 15 is 0 Å². The Balaban J connectivity index is 2.02. The molecule has 0 aliphatic carbocycles. The summed E-state index contributed by atoms with van der Waals surface area (Å²) < 4.78 is 25.7. The molecule has 0 aliphatic rings. The molecule has 1 aromatic heterocycles. The lowest BCUT2D eigenvalue weighted by molar-refractivity contribution is 0.0945. The predicted octanol–water partition coefficient (Wildman–Crippen LogP) is 4.62. The molecule has 1 heterocycles. The predicted molar refractivity (Wildman–Crippen MR) is 114 cm³/mol. The average Bonchev–Trinajstić information content (AvgIpc) is 3.22. The van der Waals surface area contributed by atoms with Crippen LogP contribution < -0.4 is 14.8 Å². The summed E-state index contributed by atoms with van der Waals surface area (Å²) in [4.78, 5) is 12.9. The largest absolute Gasteiger partial charge is 0.497 e. The van der Waals surface area contributed by atoms with Crippen LogP contribution in [0, 0.1) is 5.82 Å². The molecule has 6 nitrogen and oxygen atoms in total. The van der Waals surface area contributed by atoms with Crippen LogP contribution in [-0.2, 0) is 0 Å². The van der Waals surface area contributed by atoms with Crippen molar-refractivity contribution in [3.63, 3.8) is 0 Å². The molecule has 0 saturated heterocycles. The summed E-state index contributed by atoms with van der Waals surface area (Å²) in [6, 6.07) is 13.0. The Hall–Kier alpha value is -3.35. The highest BCUT2D eigenvalue weighted by Crippen LogP contribution is 2.33. The minimum atomic E-state index is -0.353. The van der Waals surface area contributed by atoms with E-state index in [0.29, 0.717) is 35.1 Å². The fraction of sp³-hybridized carbons (Fsp3) is 0.304. The van der Waals surface area contributed by atoms with Crippen LogP contribution in [0.3, 0.4) is 0 Å². The molecule has 2 aromatic carbocycles. The van der Waals surface area contributed by atoms with Gasteiger partial charge in [0.25, 0.3) is 5.91 Å².